The predicted molar refractivity (Wildman–Crippen MR) is 137 cm³/mol. The van der Waals surface area contributed by atoms with Crippen molar-refractivity contribution in [3.63, 3.8) is 0 Å². The van der Waals surface area contributed by atoms with E-state index in [1.54, 1.807) is 36.3 Å². The number of nitrogens with one attached hydrogen (secondary N) is 1. The quantitative estimate of drug-likeness (QED) is 0.312. The van der Waals surface area contributed by atoms with Crippen molar-refractivity contribution in [2.45, 2.75) is 0 Å². The van der Waals surface area contributed by atoms with Crippen LogP contribution in [-0.4, -0.2) is 30.0 Å². The minimum Gasteiger partial charge on any atom is -0.367 e. The van der Waals surface area contributed by atoms with Crippen LogP contribution in [0, 0.1) is 0 Å². The Labute approximate surface area is 205 Å². The molecule has 1 N–H and O–H groups in total. The summed E-state index contributed by atoms with van der Waals surface area (Å²) in [5, 5.41) is 5.94. The van der Waals surface area contributed by atoms with Crippen LogP contribution in [0.3, 0.4) is 0 Å². The Morgan fingerprint density at radius 2 is 1.91 bits per heavy atom. The first kappa shape index (κ1) is 22.0. The molecule has 1 aliphatic heterocycles. The van der Waals surface area contributed by atoms with E-state index in [0.717, 1.165) is 34.3 Å². The average molecular weight is 496 g/mol. The van der Waals surface area contributed by atoms with Gasteiger partial charge in [0.15, 0.2) is 0 Å². The number of anilines is 2. The molecule has 5 nitrogen and oxygen atoms in total. The number of carbonyl (C=O) groups excluding carboxylic acids is 1. The second-order valence-electron chi connectivity index (χ2n) is 7.45. The fourth-order valence-electron chi connectivity index (χ4n) is 3.74. The molecule has 1 amide bonds. The zero-order chi connectivity index (χ0) is 22.8. The number of aromatic nitrogens is 1. The Bertz CT molecular complexity index is 1340. The van der Waals surface area contributed by atoms with Crippen molar-refractivity contribution in [1.29, 1.82) is 0 Å². The number of fused-ring (bicyclic) bond motifs is 1. The van der Waals surface area contributed by atoms with E-state index >= 15 is 0 Å². The molecule has 0 spiro atoms. The minimum absolute atomic E-state index is 0.291. The molecule has 8 heteroatoms. The van der Waals surface area contributed by atoms with E-state index in [9.17, 15) is 4.79 Å². The van der Waals surface area contributed by atoms with Crippen LogP contribution in [0.1, 0.15) is 10.4 Å². The maximum Gasteiger partial charge on any atom is 0.257 e. The zero-order valence-corrected chi connectivity index (χ0v) is 19.8. The monoisotopic (exact) mass is 495 g/mol. The van der Waals surface area contributed by atoms with Crippen LogP contribution in [0.25, 0.3) is 22.0 Å². The van der Waals surface area contributed by atoms with Crippen LogP contribution in [0.5, 0.6) is 0 Å². The molecule has 0 aliphatic carbocycles. The molecule has 0 radical (unpaired) electrons. The first-order valence-corrected chi connectivity index (χ1v) is 12.0. The maximum atomic E-state index is 13.0. The first-order valence-electron chi connectivity index (χ1n) is 10.3. The van der Waals surface area contributed by atoms with Crippen molar-refractivity contribution in [2.75, 3.05) is 28.7 Å². The van der Waals surface area contributed by atoms with Crippen molar-refractivity contribution in [3.8, 4) is 11.3 Å². The summed E-state index contributed by atoms with van der Waals surface area (Å²) in [5.41, 5.74) is 3.47. The molecule has 1 fully saturated rings. The standard InChI is InChI=1S/C25H19Cl2N3O2S/c26-22-8-5-17(13-21(22)24-19-4-2-1-3-16(19)9-10-28-24)29-25(31)20-7-6-18(14-23(20)27)30-11-12-32-15-33-30/h1-10,13-14H,11-12,15H2,(H,29,31). The lowest BCUT2D eigenvalue weighted by molar-refractivity contribution is 0.102. The van der Waals surface area contributed by atoms with Gasteiger partial charge in [0.25, 0.3) is 5.91 Å². The zero-order valence-electron chi connectivity index (χ0n) is 17.4. The van der Waals surface area contributed by atoms with Gasteiger partial charge in [-0.05, 0) is 59.8 Å². The molecule has 1 aliphatic rings. The summed E-state index contributed by atoms with van der Waals surface area (Å²) in [6.07, 6.45) is 1.76. The lowest BCUT2D eigenvalue weighted by atomic mass is 10.0. The summed E-state index contributed by atoms with van der Waals surface area (Å²) in [4.78, 5) is 17.5. The summed E-state index contributed by atoms with van der Waals surface area (Å²) >= 11 is 14.6. The topological polar surface area (TPSA) is 54.5 Å². The molecule has 4 aromatic rings. The van der Waals surface area contributed by atoms with E-state index in [0.29, 0.717) is 33.8 Å². The number of halogens is 2. The van der Waals surface area contributed by atoms with E-state index in [2.05, 4.69) is 14.6 Å². The van der Waals surface area contributed by atoms with Crippen LogP contribution in [0.2, 0.25) is 10.0 Å². The second-order valence-corrected chi connectivity index (χ2v) is 9.20. The highest BCUT2D eigenvalue weighted by Gasteiger charge is 2.17. The van der Waals surface area contributed by atoms with Gasteiger partial charge < -0.3 is 14.4 Å². The van der Waals surface area contributed by atoms with Crippen LogP contribution < -0.4 is 9.62 Å². The number of nitrogens with zero attached hydrogens (tertiary/aromatic N) is 2. The minimum atomic E-state index is -0.291. The molecule has 1 aromatic heterocycles. The lowest BCUT2D eigenvalue weighted by Crippen LogP contribution is -2.26. The number of rotatable bonds is 4. The Hall–Kier alpha value is -2.77. The molecule has 5 rings (SSSR count). The van der Waals surface area contributed by atoms with Crippen molar-refractivity contribution in [1.82, 2.24) is 4.98 Å². The number of ether oxygens (including phenoxy) is 1. The maximum absolute atomic E-state index is 13.0. The molecular formula is C25H19Cl2N3O2S. The van der Waals surface area contributed by atoms with Gasteiger partial charge in [-0.2, -0.15) is 0 Å². The second kappa shape index (κ2) is 9.61. The molecule has 3 aromatic carbocycles. The highest BCUT2D eigenvalue weighted by molar-refractivity contribution is 8.00. The van der Waals surface area contributed by atoms with Crippen molar-refractivity contribution < 1.29 is 9.53 Å². The Balaban J connectivity index is 1.41. The average Bonchev–Trinajstić information content (AvgIpc) is 2.85. The third-order valence-electron chi connectivity index (χ3n) is 5.37. The van der Waals surface area contributed by atoms with Crippen molar-refractivity contribution in [3.05, 3.63) is 88.5 Å². The number of pyridine rings is 1. The summed E-state index contributed by atoms with van der Waals surface area (Å²) in [6, 6.07) is 20.7. The van der Waals surface area contributed by atoms with Crippen molar-refractivity contribution in [2.24, 2.45) is 0 Å². The largest absolute Gasteiger partial charge is 0.367 e. The molecule has 0 unspecified atom stereocenters. The van der Waals surface area contributed by atoms with E-state index in [1.807, 2.05) is 48.5 Å². The highest BCUT2D eigenvalue weighted by Crippen LogP contribution is 2.34. The Kier molecular flexibility index (Phi) is 6.42. The van der Waals surface area contributed by atoms with Gasteiger partial charge in [0, 0.05) is 28.5 Å². The molecule has 166 valence electrons. The summed E-state index contributed by atoms with van der Waals surface area (Å²) < 4.78 is 7.47. The van der Waals surface area contributed by atoms with Gasteiger partial charge in [-0.1, -0.05) is 47.5 Å². The van der Waals surface area contributed by atoms with Crippen LogP contribution in [-0.2, 0) is 4.74 Å². The molecule has 33 heavy (non-hydrogen) atoms. The lowest BCUT2D eigenvalue weighted by Gasteiger charge is -2.27. The number of carbonyl (C=O) groups is 1. The van der Waals surface area contributed by atoms with E-state index < -0.39 is 0 Å². The van der Waals surface area contributed by atoms with Crippen LogP contribution >= 0.6 is 35.1 Å². The van der Waals surface area contributed by atoms with Gasteiger partial charge in [0.2, 0.25) is 0 Å². The Morgan fingerprint density at radius 1 is 1.03 bits per heavy atom. The first-order chi connectivity index (χ1) is 16.1. The van der Waals surface area contributed by atoms with Crippen LogP contribution in [0.15, 0.2) is 72.9 Å². The number of hydrogen-bond acceptors (Lipinski definition) is 5. The molecule has 0 bridgehead atoms. The summed E-state index contributed by atoms with van der Waals surface area (Å²) in [7, 11) is 0. The van der Waals surface area contributed by atoms with E-state index in [4.69, 9.17) is 27.9 Å². The van der Waals surface area contributed by atoms with E-state index in [-0.39, 0.29) is 5.91 Å². The van der Waals surface area contributed by atoms with Gasteiger partial charge in [-0.15, -0.1) is 0 Å². The summed E-state index contributed by atoms with van der Waals surface area (Å²) in [6.45, 7) is 1.43. The predicted octanol–water partition coefficient (Wildman–Crippen LogP) is 6.90. The normalized spacial score (nSPS) is 13.8. The third kappa shape index (κ3) is 4.66. The SMILES string of the molecule is O=C(Nc1ccc(Cl)c(-c2nccc3ccccc23)c1)c1ccc(N2CCOCS2)cc1Cl. The van der Waals surface area contributed by atoms with Gasteiger partial charge in [-0.25, -0.2) is 0 Å². The fraction of sp³-hybridized carbons (Fsp3) is 0.120. The molecule has 2 heterocycles. The van der Waals surface area contributed by atoms with Gasteiger partial charge in [0.1, 0.15) is 5.94 Å². The third-order valence-corrected chi connectivity index (χ3v) is 6.99. The molecule has 0 saturated carbocycles. The number of benzene rings is 3. The van der Waals surface area contributed by atoms with Gasteiger partial charge in [0.05, 0.1) is 34.5 Å². The van der Waals surface area contributed by atoms with Gasteiger partial charge >= 0.3 is 0 Å². The Morgan fingerprint density at radius 3 is 2.73 bits per heavy atom. The van der Waals surface area contributed by atoms with Crippen molar-refractivity contribution >= 4 is 63.2 Å². The molecule has 0 atom stereocenters. The number of hydrogen-bond donors (Lipinski definition) is 1. The highest BCUT2D eigenvalue weighted by atomic mass is 35.5. The molecular weight excluding hydrogens is 477 g/mol. The number of amides is 1. The fourth-order valence-corrected chi connectivity index (χ4v) is 4.99. The van der Waals surface area contributed by atoms with Gasteiger partial charge in [-0.3, -0.25) is 9.78 Å². The molecule has 1 saturated heterocycles. The van der Waals surface area contributed by atoms with Crippen LogP contribution in [0.4, 0.5) is 11.4 Å². The van der Waals surface area contributed by atoms with E-state index in [1.165, 1.54) is 0 Å². The summed E-state index contributed by atoms with van der Waals surface area (Å²) in [5.74, 6) is 0.310. The smallest absolute Gasteiger partial charge is 0.257 e.